The molecule has 19 heavy (non-hydrogen) atoms. The molecule has 0 aliphatic heterocycles. The van der Waals surface area contributed by atoms with Gasteiger partial charge in [-0.25, -0.2) is 4.39 Å². The van der Waals surface area contributed by atoms with Crippen LogP contribution in [0.25, 0.3) is 0 Å². The van der Waals surface area contributed by atoms with Crippen molar-refractivity contribution in [3.05, 3.63) is 35.1 Å². The van der Waals surface area contributed by atoms with Gasteiger partial charge in [0.1, 0.15) is 5.82 Å². The molecule has 2 nitrogen and oxygen atoms in total. The summed E-state index contributed by atoms with van der Waals surface area (Å²) >= 11 is 0. The smallest absolute Gasteiger partial charge is 0.126 e. The van der Waals surface area contributed by atoms with Crippen LogP contribution < -0.4 is 5.73 Å². The number of hydrogen-bond acceptors (Lipinski definition) is 2. The maximum atomic E-state index is 13.8. The molecule has 0 heterocycles. The molecular weight excluding hydrogens is 239 g/mol. The van der Waals surface area contributed by atoms with Crippen molar-refractivity contribution < 1.29 is 4.39 Å². The summed E-state index contributed by atoms with van der Waals surface area (Å²) in [5.74, 6) is 0.679. The normalized spacial score (nSPS) is 17.2. The van der Waals surface area contributed by atoms with Crippen molar-refractivity contribution in [3.63, 3.8) is 0 Å². The minimum atomic E-state index is -0.133. The Kier molecular flexibility index (Phi) is 4.58. The second-order valence-corrected chi connectivity index (χ2v) is 5.99. The predicted octanol–water partition coefficient (Wildman–Crippen LogP) is 3.25. The van der Waals surface area contributed by atoms with Crippen molar-refractivity contribution in [1.29, 1.82) is 0 Å². The topological polar surface area (TPSA) is 29.3 Å². The van der Waals surface area contributed by atoms with Crippen LogP contribution in [0, 0.1) is 18.7 Å². The average Bonchev–Trinajstić information content (AvgIpc) is 3.17. The van der Waals surface area contributed by atoms with Crippen LogP contribution in [0.5, 0.6) is 0 Å². The highest BCUT2D eigenvalue weighted by Gasteiger charge is 2.30. The van der Waals surface area contributed by atoms with Crippen molar-refractivity contribution in [1.82, 2.24) is 4.90 Å². The Labute approximate surface area is 115 Å². The summed E-state index contributed by atoms with van der Waals surface area (Å²) in [5.41, 5.74) is 7.66. The van der Waals surface area contributed by atoms with Crippen LogP contribution in [-0.4, -0.2) is 24.0 Å². The van der Waals surface area contributed by atoms with Crippen LogP contribution in [0.4, 0.5) is 4.39 Å². The van der Waals surface area contributed by atoms with Crippen LogP contribution in [0.1, 0.15) is 43.9 Å². The van der Waals surface area contributed by atoms with Gasteiger partial charge in [-0.15, -0.1) is 0 Å². The van der Waals surface area contributed by atoms with E-state index in [0.717, 1.165) is 18.0 Å². The molecule has 1 unspecified atom stereocenters. The quantitative estimate of drug-likeness (QED) is 0.854. The summed E-state index contributed by atoms with van der Waals surface area (Å²) in [6, 6.07) is 6.06. The zero-order valence-electron chi connectivity index (χ0n) is 12.2. The highest BCUT2D eigenvalue weighted by atomic mass is 19.1. The minimum absolute atomic E-state index is 0.121. The van der Waals surface area contributed by atoms with Crippen molar-refractivity contribution in [2.45, 2.75) is 45.7 Å². The van der Waals surface area contributed by atoms with E-state index >= 15 is 0 Å². The zero-order chi connectivity index (χ0) is 14.0. The second-order valence-electron chi connectivity index (χ2n) is 5.99. The summed E-state index contributed by atoms with van der Waals surface area (Å²) in [6.45, 7) is 7.79. The Morgan fingerprint density at radius 2 is 2.05 bits per heavy atom. The standard InChI is InChI=1S/C16H25FN2/c1-11(2)19(10-13-5-6-13)16(9-18)14-7-4-12(3)15(17)8-14/h4,7-8,11,13,16H,5-6,9-10,18H2,1-3H3. The van der Waals surface area contributed by atoms with E-state index < -0.39 is 0 Å². The number of hydrogen-bond donors (Lipinski definition) is 1. The Morgan fingerprint density at radius 3 is 2.53 bits per heavy atom. The minimum Gasteiger partial charge on any atom is -0.329 e. The molecule has 1 atom stereocenters. The van der Waals surface area contributed by atoms with Gasteiger partial charge >= 0.3 is 0 Å². The van der Waals surface area contributed by atoms with Crippen LogP contribution in [-0.2, 0) is 0 Å². The monoisotopic (exact) mass is 264 g/mol. The third-order valence-corrected chi connectivity index (χ3v) is 4.03. The lowest BCUT2D eigenvalue weighted by Gasteiger charge is -2.35. The molecule has 1 saturated carbocycles. The van der Waals surface area contributed by atoms with Gasteiger partial charge in [0.15, 0.2) is 0 Å². The first-order chi connectivity index (χ1) is 9.02. The van der Waals surface area contributed by atoms with E-state index in [9.17, 15) is 4.39 Å². The largest absolute Gasteiger partial charge is 0.329 e. The highest BCUT2D eigenvalue weighted by Crippen LogP contribution is 2.33. The average molecular weight is 264 g/mol. The SMILES string of the molecule is Cc1ccc(C(CN)N(CC2CC2)C(C)C)cc1F. The molecule has 2 N–H and O–H groups in total. The summed E-state index contributed by atoms with van der Waals surface area (Å²) < 4.78 is 13.8. The predicted molar refractivity (Wildman–Crippen MR) is 77.5 cm³/mol. The van der Waals surface area contributed by atoms with E-state index in [-0.39, 0.29) is 11.9 Å². The van der Waals surface area contributed by atoms with E-state index in [0.29, 0.717) is 18.2 Å². The Balaban J connectivity index is 2.21. The molecule has 106 valence electrons. The van der Waals surface area contributed by atoms with Crippen LogP contribution in [0.15, 0.2) is 18.2 Å². The number of nitrogens with two attached hydrogens (primary N) is 1. The third kappa shape index (κ3) is 3.54. The van der Waals surface area contributed by atoms with E-state index in [1.807, 2.05) is 12.1 Å². The number of halogens is 1. The van der Waals surface area contributed by atoms with Gasteiger partial charge < -0.3 is 5.73 Å². The van der Waals surface area contributed by atoms with Gasteiger partial charge in [-0.05, 0) is 56.7 Å². The summed E-state index contributed by atoms with van der Waals surface area (Å²) in [4.78, 5) is 2.42. The molecule has 1 aromatic carbocycles. The zero-order valence-corrected chi connectivity index (χ0v) is 12.2. The van der Waals surface area contributed by atoms with Crippen LogP contribution in [0.3, 0.4) is 0 Å². The number of nitrogens with zero attached hydrogens (tertiary/aromatic N) is 1. The molecule has 0 aromatic heterocycles. The highest BCUT2D eigenvalue weighted by molar-refractivity contribution is 5.26. The van der Waals surface area contributed by atoms with Gasteiger partial charge in [-0.1, -0.05) is 12.1 Å². The Morgan fingerprint density at radius 1 is 1.37 bits per heavy atom. The van der Waals surface area contributed by atoms with Gasteiger partial charge in [0.05, 0.1) is 0 Å². The number of rotatable bonds is 6. The van der Waals surface area contributed by atoms with Gasteiger partial charge in [0.2, 0.25) is 0 Å². The first-order valence-electron chi connectivity index (χ1n) is 7.24. The maximum Gasteiger partial charge on any atom is 0.126 e. The molecule has 0 bridgehead atoms. The molecule has 3 heteroatoms. The lowest BCUT2D eigenvalue weighted by molar-refractivity contribution is 0.149. The maximum absolute atomic E-state index is 13.8. The lowest BCUT2D eigenvalue weighted by Crippen LogP contribution is -2.40. The first kappa shape index (κ1) is 14.5. The van der Waals surface area contributed by atoms with Gasteiger partial charge in [-0.2, -0.15) is 0 Å². The summed E-state index contributed by atoms with van der Waals surface area (Å²) in [6.07, 6.45) is 2.64. The molecule has 0 amide bonds. The fourth-order valence-electron chi connectivity index (χ4n) is 2.58. The van der Waals surface area contributed by atoms with Crippen molar-refractivity contribution in [2.24, 2.45) is 11.7 Å². The van der Waals surface area contributed by atoms with Crippen LogP contribution in [0.2, 0.25) is 0 Å². The van der Waals surface area contributed by atoms with Crippen molar-refractivity contribution in [3.8, 4) is 0 Å². The number of benzene rings is 1. The van der Waals surface area contributed by atoms with Crippen LogP contribution >= 0.6 is 0 Å². The molecule has 1 aliphatic carbocycles. The fourth-order valence-corrected chi connectivity index (χ4v) is 2.58. The molecule has 1 aliphatic rings. The molecular formula is C16H25FN2. The molecule has 0 spiro atoms. The number of aryl methyl sites for hydroxylation is 1. The molecule has 1 aromatic rings. The van der Waals surface area contributed by atoms with E-state index in [1.54, 1.807) is 13.0 Å². The molecule has 1 fully saturated rings. The summed E-state index contributed by atoms with van der Waals surface area (Å²) in [7, 11) is 0. The van der Waals surface area contributed by atoms with E-state index in [1.165, 1.54) is 12.8 Å². The van der Waals surface area contributed by atoms with E-state index in [4.69, 9.17) is 5.73 Å². The Hall–Kier alpha value is -0.930. The van der Waals surface area contributed by atoms with E-state index in [2.05, 4.69) is 18.7 Å². The second kappa shape index (κ2) is 6.02. The third-order valence-electron chi connectivity index (χ3n) is 4.03. The lowest BCUT2D eigenvalue weighted by atomic mass is 10.0. The summed E-state index contributed by atoms with van der Waals surface area (Å²) in [5, 5.41) is 0. The first-order valence-corrected chi connectivity index (χ1v) is 7.24. The Bertz CT molecular complexity index is 427. The molecule has 2 rings (SSSR count). The molecule has 0 radical (unpaired) electrons. The van der Waals surface area contributed by atoms with Gasteiger partial charge in [0, 0.05) is 25.2 Å². The molecule has 0 saturated heterocycles. The van der Waals surface area contributed by atoms with Gasteiger partial charge in [0.25, 0.3) is 0 Å². The van der Waals surface area contributed by atoms with Crippen molar-refractivity contribution >= 4 is 0 Å². The fraction of sp³-hybridized carbons (Fsp3) is 0.625. The van der Waals surface area contributed by atoms with Gasteiger partial charge in [-0.3, -0.25) is 4.90 Å². The van der Waals surface area contributed by atoms with Crippen molar-refractivity contribution in [2.75, 3.05) is 13.1 Å².